The fourth-order valence-electron chi connectivity index (χ4n) is 1.62. The third kappa shape index (κ3) is 3.34. The summed E-state index contributed by atoms with van der Waals surface area (Å²) in [6.45, 7) is 2.93. The largest absolute Gasteiger partial charge is 0.503 e. The van der Waals surface area contributed by atoms with Crippen LogP contribution in [-0.2, 0) is 14.9 Å². The molecule has 9 heteroatoms. The lowest BCUT2D eigenvalue weighted by atomic mass is 10.2. The van der Waals surface area contributed by atoms with Gasteiger partial charge in [-0.2, -0.15) is 0 Å². The predicted octanol–water partition coefficient (Wildman–Crippen LogP) is 2.47. The molecule has 0 fully saturated rings. The third-order valence-electron chi connectivity index (χ3n) is 2.44. The van der Waals surface area contributed by atoms with E-state index in [2.05, 4.69) is 0 Å². The Bertz CT molecular complexity index is 462. The zero-order valence-corrected chi connectivity index (χ0v) is 11.8. The van der Waals surface area contributed by atoms with E-state index in [4.69, 9.17) is 8.85 Å². The van der Waals surface area contributed by atoms with Gasteiger partial charge in [-0.05, 0) is 13.8 Å². The Morgan fingerprint density at radius 3 is 1.50 bits per heavy atom. The van der Waals surface area contributed by atoms with E-state index in [0.717, 1.165) is 0 Å². The van der Waals surface area contributed by atoms with Crippen molar-refractivity contribution in [1.82, 2.24) is 0 Å². The molecule has 1 aromatic carbocycles. The smallest absolute Gasteiger partial charge is 0.389 e. The zero-order chi connectivity index (χ0) is 15.5. The van der Waals surface area contributed by atoms with Crippen LogP contribution in [0.2, 0.25) is 0 Å². The molecule has 1 N–H and O–H groups in total. The summed E-state index contributed by atoms with van der Waals surface area (Å²) in [5.41, 5.74) is -1.14. The van der Waals surface area contributed by atoms with Gasteiger partial charge in [0.05, 0.1) is 0 Å². The lowest BCUT2D eigenvalue weighted by Gasteiger charge is -2.23. The van der Waals surface area contributed by atoms with Crippen LogP contribution in [0.15, 0.2) is 0 Å². The second-order valence-electron chi connectivity index (χ2n) is 3.80. The van der Waals surface area contributed by atoms with Crippen LogP contribution >= 0.6 is 0 Å². The highest BCUT2D eigenvalue weighted by Crippen LogP contribution is 2.25. The Morgan fingerprint density at radius 1 is 0.800 bits per heavy atom. The van der Waals surface area contributed by atoms with E-state index in [1.807, 2.05) is 0 Å². The summed E-state index contributed by atoms with van der Waals surface area (Å²) in [6.07, 6.45) is 0. The Balaban J connectivity index is 3.26. The van der Waals surface area contributed by atoms with E-state index in [9.17, 15) is 26.7 Å². The molecule has 0 saturated carbocycles. The highest BCUT2D eigenvalue weighted by molar-refractivity contribution is 6.58. The third-order valence-corrected chi connectivity index (χ3v) is 4.72. The maximum Gasteiger partial charge on any atom is 0.503 e. The minimum Gasteiger partial charge on any atom is -0.389 e. The molecule has 0 amide bonds. The van der Waals surface area contributed by atoms with Gasteiger partial charge in [0.25, 0.3) is 0 Å². The summed E-state index contributed by atoms with van der Waals surface area (Å²) in [6, 6.07) is -0.902. The number of hydrogen-bond donors (Lipinski definition) is 1. The van der Waals surface area contributed by atoms with Crippen molar-refractivity contribution in [1.29, 1.82) is 0 Å². The van der Waals surface area contributed by atoms with E-state index in [1.54, 1.807) is 0 Å². The average Bonchev–Trinajstić information content (AvgIpc) is 2.40. The molecule has 0 unspecified atom stereocenters. The van der Waals surface area contributed by atoms with Gasteiger partial charge in [-0.3, -0.25) is 0 Å². The minimum absolute atomic E-state index is 0.0296. The monoisotopic (exact) mass is 316 g/mol. The first-order valence-corrected chi connectivity index (χ1v) is 7.75. The number of rotatable bonds is 6. The molecule has 0 heterocycles. The second-order valence-corrected chi connectivity index (χ2v) is 6.16. The number of benzene rings is 1. The second kappa shape index (κ2) is 6.61. The van der Waals surface area contributed by atoms with E-state index < -0.39 is 49.5 Å². The van der Waals surface area contributed by atoms with Gasteiger partial charge >= 0.3 is 8.80 Å². The molecule has 0 aliphatic heterocycles. The van der Waals surface area contributed by atoms with Gasteiger partial charge in [0.15, 0.2) is 23.3 Å². The first kappa shape index (κ1) is 17.0. The van der Waals surface area contributed by atoms with Crippen molar-refractivity contribution in [3.05, 3.63) is 34.6 Å². The summed E-state index contributed by atoms with van der Waals surface area (Å²) in [4.78, 5) is 9.99. The Labute approximate surface area is 113 Å². The SMILES string of the molecule is CCO[Si](O)(Cc1c(F)c(F)c(F)c(F)c1F)OCC. The van der Waals surface area contributed by atoms with Crippen molar-refractivity contribution >= 4 is 8.80 Å². The van der Waals surface area contributed by atoms with Crippen LogP contribution in [0.25, 0.3) is 0 Å². The van der Waals surface area contributed by atoms with Gasteiger partial charge in [-0.15, -0.1) is 0 Å². The van der Waals surface area contributed by atoms with E-state index >= 15 is 0 Å². The predicted molar refractivity (Wildman–Crippen MR) is 61.2 cm³/mol. The van der Waals surface area contributed by atoms with Crippen molar-refractivity contribution in [3.63, 3.8) is 0 Å². The molecule has 0 radical (unpaired) electrons. The summed E-state index contributed by atoms with van der Waals surface area (Å²) in [5, 5.41) is 0. The Hall–Kier alpha value is -1.03. The molecular formula is C11H13F5O3Si. The Morgan fingerprint density at radius 2 is 1.15 bits per heavy atom. The Kier molecular flexibility index (Phi) is 5.63. The van der Waals surface area contributed by atoms with Crippen LogP contribution in [0.1, 0.15) is 19.4 Å². The van der Waals surface area contributed by atoms with Gasteiger partial charge < -0.3 is 13.6 Å². The molecular weight excluding hydrogens is 303 g/mol. The van der Waals surface area contributed by atoms with Crippen LogP contribution in [0.4, 0.5) is 22.0 Å². The first-order valence-electron chi connectivity index (χ1n) is 5.78. The maximum absolute atomic E-state index is 13.5. The van der Waals surface area contributed by atoms with Gasteiger partial charge in [0.2, 0.25) is 5.82 Å². The molecule has 0 saturated heterocycles. The molecule has 0 bridgehead atoms. The molecule has 1 aromatic rings. The standard InChI is InChI=1S/C11H13F5O3Si/c1-3-18-20(17,19-4-2)5-6-7(12)9(14)11(16)10(15)8(6)13/h17H,3-5H2,1-2H3. The van der Waals surface area contributed by atoms with Gasteiger partial charge in [0, 0.05) is 24.8 Å². The highest BCUT2D eigenvalue weighted by atomic mass is 28.4. The van der Waals surface area contributed by atoms with Crippen LogP contribution in [0.3, 0.4) is 0 Å². The van der Waals surface area contributed by atoms with E-state index in [1.165, 1.54) is 13.8 Å². The van der Waals surface area contributed by atoms with E-state index in [0.29, 0.717) is 0 Å². The van der Waals surface area contributed by atoms with Crippen molar-refractivity contribution in [3.8, 4) is 0 Å². The number of hydrogen-bond acceptors (Lipinski definition) is 3. The van der Waals surface area contributed by atoms with Crippen molar-refractivity contribution in [2.45, 2.75) is 19.9 Å². The summed E-state index contributed by atoms with van der Waals surface area (Å²) in [5.74, 6) is -10.4. The summed E-state index contributed by atoms with van der Waals surface area (Å²) in [7, 11) is -4.05. The molecule has 1 rings (SSSR count). The minimum atomic E-state index is -4.05. The quantitative estimate of drug-likeness (QED) is 0.379. The maximum atomic E-state index is 13.5. The molecule has 0 aliphatic carbocycles. The number of halogens is 5. The molecule has 0 aromatic heterocycles. The van der Waals surface area contributed by atoms with Crippen molar-refractivity contribution in [2.24, 2.45) is 0 Å². The zero-order valence-electron chi connectivity index (χ0n) is 10.8. The molecule has 0 atom stereocenters. The van der Waals surface area contributed by atoms with Crippen molar-refractivity contribution < 1.29 is 35.6 Å². The van der Waals surface area contributed by atoms with Crippen molar-refractivity contribution in [2.75, 3.05) is 13.2 Å². The molecule has 3 nitrogen and oxygen atoms in total. The highest BCUT2D eigenvalue weighted by Gasteiger charge is 2.40. The molecule has 20 heavy (non-hydrogen) atoms. The molecule has 0 spiro atoms. The normalized spacial score (nSPS) is 12.0. The lowest BCUT2D eigenvalue weighted by molar-refractivity contribution is 0.106. The van der Waals surface area contributed by atoms with Crippen LogP contribution in [-0.4, -0.2) is 26.8 Å². The summed E-state index contributed by atoms with van der Waals surface area (Å²) >= 11 is 0. The van der Waals surface area contributed by atoms with Gasteiger partial charge in [-0.1, -0.05) is 0 Å². The molecule has 0 aliphatic rings. The fraction of sp³-hybridized carbons (Fsp3) is 0.455. The van der Waals surface area contributed by atoms with Gasteiger partial charge in [-0.25, -0.2) is 22.0 Å². The van der Waals surface area contributed by atoms with Gasteiger partial charge in [0.1, 0.15) is 0 Å². The van der Waals surface area contributed by atoms with Crippen LogP contribution in [0.5, 0.6) is 0 Å². The van der Waals surface area contributed by atoms with Crippen LogP contribution < -0.4 is 0 Å². The summed E-state index contributed by atoms with van der Waals surface area (Å²) < 4.78 is 75.7. The van der Waals surface area contributed by atoms with Crippen LogP contribution in [0, 0.1) is 29.1 Å². The first-order chi connectivity index (χ1) is 9.27. The molecule has 114 valence electrons. The van der Waals surface area contributed by atoms with E-state index in [-0.39, 0.29) is 13.2 Å². The lowest BCUT2D eigenvalue weighted by Crippen LogP contribution is -2.46. The average molecular weight is 316 g/mol. The topological polar surface area (TPSA) is 38.7 Å². The fourth-order valence-corrected chi connectivity index (χ4v) is 3.57.